The molecule has 0 atom stereocenters. The standard InChI is InChI=1S/C13H11N3O/c14-8-10-2-1-3-12(6-10)17-9-11-4-5-16-13(15)7-11/h1-7H,9H2,(H2,15,16). The summed E-state index contributed by atoms with van der Waals surface area (Å²) in [6.45, 7) is 0.404. The summed E-state index contributed by atoms with van der Waals surface area (Å²) in [7, 11) is 0. The van der Waals surface area contributed by atoms with Crippen LogP contribution in [0.1, 0.15) is 11.1 Å². The van der Waals surface area contributed by atoms with Gasteiger partial charge in [-0.2, -0.15) is 5.26 Å². The Morgan fingerprint density at radius 2 is 2.18 bits per heavy atom. The minimum absolute atomic E-state index is 0.404. The fourth-order valence-electron chi connectivity index (χ4n) is 1.41. The lowest BCUT2D eigenvalue weighted by molar-refractivity contribution is 0.306. The molecule has 0 aliphatic carbocycles. The van der Waals surface area contributed by atoms with Gasteiger partial charge in [-0.25, -0.2) is 4.98 Å². The highest BCUT2D eigenvalue weighted by molar-refractivity contribution is 5.36. The summed E-state index contributed by atoms with van der Waals surface area (Å²) >= 11 is 0. The van der Waals surface area contributed by atoms with Crippen molar-refractivity contribution in [2.45, 2.75) is 6.61 Å². The average Bonchev–Trinajstić information content (AvgIpc) is 2.37. The van der Waals surface area contributed by atoms with E-state index in [0.29, 0.717) is 23.7 Å². The normalized spacial score (nSPS) is 9.59. The summed E-state index contributed by atoms with van der Waals surface area (Å²) in [6.07, 6.45) is 1.64. The number of benzene rings is 1. The van der Waals surface area contributed by atoms with Crippen molar-refractivity contribution in [3.8, 4) is 11.8 Å². The molecule has 0 saturated heterocycles. The first kappa shape index (κ1) is 11.0. The van der Waals surface area contributed by atoms with E-state index in [1.807, 2.05) is 12.1 Å². The number of hydrogen-bond acceptors (Lipinski definition) is 4. The van der Waals surface area contributed by atoms with Gasteiger partial charge in [0.25, 0.3) is 0 Å². The number of ether oxygens (including phenoxy) is 1. The van der Waals surface area contributed by atoms with Crippen LogP contribution in [0.2, 0.25) is 0 Å². The summed E-state index contributed by atoms with van der Waals surface area (Å²) in [5, 5.41) is 8.75. The lowest BCUT2D eigenvalue weighted by atomic mass is 10.2. The van der Waals surface area contributed by atoms with Crippen molar-refractivity contribution < 1.29 is 4.74 Å². The van der Waals surface area contributed by atoms with Crippen LogP contribution in [0.4, 0.5) is 5.82 Å². The Hall–Kier alpha value is -2.54. The van der Waals surface area contributed by atoms with E-state index in [1.165, 1.54) is 0 Å². The van der Waals surface area contributed by atoms with Crippen LogP contribution in [-0.4, -0.2) is 4.98 Å². The third-order valence-electron chi connectivity index (χ3n) is 2.21. The highest BCUT2D eigenvalue weighted by Gasteiger charge is 1.98. The molecule has 17 heavy (non-hydrogen) atoms. The lowest BCUT2D eigenvalue weighted by Gasteiger charge is -2.06. The summed E-state index contributed by atoms with van der Waals surface area (Å²) in [5.41, 5.74) is 7.09. The molecule has 4 nitrogen and oxygen atoms in total. The number of nitrogen functional groups attached to an aromatic ring is 1. The van der Waals surface area contributed by atoms with Crippen molar-refractivity contribution >= 4 is 5.82 Å². The summed E-state index contributed by atoms with van der Waals surface area (Å²) in [5.74, 6) is 1.14. The second-order valence-corrected chi connectivity index (χ2v) is 3.52. The molecule has 0 radical (unpaired) electrons. The second-order valence-electron chi connectivity index (χ2n) is 3.52. The largest absolute Gasteiger partial charge is 0.489 e. The van der Waals surface area contributed by atoms with Crippen LogP contribution in [0, 0.1) is 11.3 Å². The van der Waals surface area contributed by atoms with E-state index in [2.05, 4.69) is 11.1 Å². The van der Waals surface area contributed by atoms with Gasteiger partial charge in [0.2, 0.25) is 0 Å². The molecule has 0 saturated carbocycles. The third kappa shape index (κ3) is 2.95. The minimum atomic E-state index is 0.404. The zero-order chi connectivity index (χ0) is 12.1. The monoisotopic (exact) mass is 225 g/mol. The molecule has 4 heteroatoms. The van der Waals surface area contributed by atoms with Crippen LogP contribution < -0.4 is 10.5 Å². The molecule has 1 heterocycles. The third-order valence-corrected chi connectivity index (χ3v) is 2.21. The zero-order valence-electron chi connectivity index (χ0n) is 9.13. The Morgan fingerprint density at radius 3 is 2.94 bits per heavy atom. The predicted molar refractivity (Wildman–Crippen MR) is 64.1 cm³/mol. The van der Waals surface area contributed by atoms with E-state index in [0.717, 1.165) is 5.56 Å². The predicted octanol–water partition coefficient (Wildman–Crippen LogP) is 2.11. The van der Waals surface area contributed by atoms with Crippen LogP contribution in [0.25, 0.3) is 0 Å². The van der Waals surface area contributed by atoms with Gasteiger partial charge in [-0.1, -0.05) is 6.07 Å². The van der Waals surface area contributed by atoms with Crippen molar-refractivity contribution in [3.63, 3.8) is 0 Å². The molecule has 2 N–H and O–H groups in total. The molecule has 84 valence electrons. The average molecular weight is 225 g/mol. The van der Waals surface area contributed by atoms with Crippen LogP contribution in [0.15, 0.2) is 42.6 Å². The number of aromatic nitrogens is 1. The highest BCUT2D eigenvalue weighted by atomic mass is 16.5. The molecule has 1 aromatic carbocycles. The Kier molecular flexibility index (Phi) is 3.22. The van der Waals surface area contributed by atoms with Crippen molar-refractivity contribution in [2.24, 2.45) is 0 Å². The Labute approximate surface area is 99.3 Å². The molecule has 0 aliphatic heterocycles. The maximum absolute atomic E-state index is 8.75. The van der Waals surface area contributed by atoms with E-state index < -0.39 is 0 Å². The number of rotatable bonds is 3. The van der Waals surface area contributed by atoms with Gasteiger partial charge in [0.05, 0.1) is 11.6 Å². The van der Waals surface area contributed by atoms with Gasteiger partial charge >= 0.3 is 0 Å². The number of pyridine rings is 1. The van der Waals surface area contributed by atoms with Crippen LogP contribution >= 0.6 is 0 Å². The first-order valence-electron chi connectivity index (χ1n) is 5.11. The number of hydrogen-bond donors (Lipinski definition) is 1. The molecule has 2 rings (SSSR count). The van der Waals surface area contributed by atoms with Gasteiger partial charge < -0.3 is 10.5 Å². The summed E-state index contributed by atoms with van der Waals surface area (Å²) in [6, 6.07) is 12.7. The van der Waals surface area contributed by atoms with Crippen LogP contribution in [-0.2, 0) is 6.61 Å². The molecular formula is C13H11N3O. The molecule has 0 unspecified atom stereocenters. The molecule has 0 amide bonds. The number of anilines is 1. The molecular weight excluding hydrogens is 214 g/mol. The lowest BCUT2D eigenvalue weighted by Crippen LogP contribution is -1.98. The highest BCUT2D eigenvalue weighted by Crippen LogP contribution is 2.14. The maximum Gasteiger partial charge on any atom is 0.123 e. The van der Waals surface area contributed by atoms with Gasteiger partial charge in [-0.3, -0.25) is 0 Å². The SMILES string of the molecule is N#Cc1cccc(OCc2ccnc(N)c2)c1. The Balaban J connectivity index is 2.05. The van der Waals surface area contributed by atoms with Crippen LogP contribution in [0.5, 0.6) is 5.75 Å². The molecule has 1 aromatic heterocycles. The van der Waals surface area contributed by atoms with Gasteiger partial charge in [0.1, 0.15) is 18.2 Å². The quantitative estimate of drug-likeness (QED) is 0.868. The molecule has 0 bridgehead atoms. The zero-order valence-corrected chi connectivity index (χ0v) is 9.13. The van der Waals surface area contributed by atoms with E-state index in [-0.39, 0.29) is 0 Å². The van der Waals surface area contributed by atoms with E-state index >= 15 is 0 Å². The van der Waals surface area contributed by atoms with Gasteiger partial charge in [0.15, 0.2) is 0 Å². The Morgan fingerprint density at radius 1 is 1.29 bits per heavy atom. The summed E-state index contributed by atoms with van der Waals surface area (Å²) in [4.78, 5) is 3.90. The molecule has 2 aromatic rings. The fraction of sp³-hybridized carbons (Fsp3) is 0.0769. The maximum atomic E-state index is 8.75. The van der Waals surface area contributed by atoms with Gasteiger partial charge in [-0.15, -0.1) is 0 Å². The first-order valence-corrected chi connectivity index (χ1v) is 5.11. The Bertz CT molecular complexity index is 561. The minimum Gasteiger partial charge on any atom is -0.489 e. The number of nitriles is 1. The van der Waals surface area contributed by atoms with Crippen LogP contribution in [0.3, 0.4) is 0 Å². The number of nitrogens with zero attached hydrogens (tertiary/aromatic N) is 2. The van der Waals surface area contributed by atoms with Crippen molar-refractivity contribution in [2.75, 3.05) is 5.73 Å². The van der Waals surface area contributed by atoms with E-state index in [4.69, 9.17) is 15.7 Å². The van der Waals surface area contributed by atoms with Crippen molar-refractivity contribution in [3.05, 3.63) is 53.7 Å². The fourth-order valence-corrected chi connectivity index (χ4v) is 1.41. The smallest absolute Gasteiger partial charge is 0.123 e. The van der Waals surface area contributed by atoms with E-state index in [1.54, 1.807) is 30.5 Å². The molecule has 0 aliphatic rings. The van der Waals surface area contributed by atoms with Crippen molar-refractivity contribution in [1.29, 1.82) is 5.26 Å². The molecule has 0 spiro atoms. The van der Waals surface area contributed by atoms with Crippen molar-refractivity contribution in [1.82, 2.24) is 4.98 Å². The van der Waals surface area contributed by atoms with Gasteiger partial charge in [-0.05, 0) is 35.9 Å². The first-order chi connectivity index (χ1) is 8.28. The molecule has 0 fully saturated rings. The second kappa shape index (κ2) is 4.99. The topological polar surface area (TPSA) is 71.9 Å². The van der Waals surface area contributed by atoms with E-state index in [9.17, 15) is 0 Å². The summed E-state index contributed by atoms with van der Waals surface area (Å²) < 4.78 is 5.56. The number of nitrogens with two attached hydrogens (primary N) is 1. The van der Waals surface area contributed by atoms with Gasteiger partial charge in [0, 0.05) is 6.20 Å².